The Morgan fingerprint density at radius 3 is 2.65 bits per heavy atom. The van der Waals surface area contributed by atoms with Crippen molar-refractivity contribution in [1.29, 1.82) is 0 Å². The van der Waals surface area contributed by atoms with Crippen molar-refractivity contribution < 1.29 is 19.1 Å². The molecule has 8 nitrogen and oxygen atoms in total. The summed E-state index contributed by atoms with van der Waals surface area (Å²) in [5, 5.41) is 6.46. The summed E-state index contributed by atoms with van der Waals surface area (Å²) >= 11 is 6.15. The van der Waals surface area contributed by atoms with E-state index in [0.717, 1.165) is 25.6 Å². The third kappa shape index (κ3) is 9.82. The van der Waals surface area contributed by atoms with Gasteiger partial charge in [0.1, 0.15) is 12.4 Å². The van der Waals surface area contributed by atoms with Crippen LogP contribution in [0.3, 0.4) is 0 Å². The van der Waals surface area contributed by atoms with Crippen molar-refractivity contribution in [2.75, 3.05) is 45.9 Å². The molecule has 0 bridgehead atoms. The van der Waals surface area contributed by atoms with E-state index < -0.39 is 0 Å². The van der Waals surface area contributed by atoms with E-state index in [-0.39, 0.29) is 36.9 Å². The Hall–Kier alpha value is -2.32. The maximum absolute atomic E-state index is 13.1. The molecule has 0 radical (unpaired) electrons. The highest BCUT2D eigenvalue weighted by Crippen LogP contribution is 2.24. The van der Waals surface area contributed by atoms with Crippen molar-refractivity contribution in [3.63, 3.8) is 0 Å². The van der Waals surface area contributed by atoms with E-state index in [1.165, 1.54) is 12.8 Å². The van der Waals surface area contributed by atoms with E-state index in [2.05, 4.69) is 36.3 Å². The van der Waals surface area contributed by atoms with Gasteiger partial charge in [-0.2, -0.15) is 0 Å². The van der Waals surface area contributed by atoms with Gasteiger partial charge in [-0.3, -0.25) is 14.4 Å². The van der Waals surface area contributed by atoms with Crippen LogP contribution in [0, 0.1) is 11.8 Å². The van der Waals surface area contributed by atoms with Gasteiger partial charge in [0.05, 0.1) is 18.2 Å². The number of rotatable bonds is 5. The molecule has 3 amide bonds. The van der Waals surface area contributed by atoms with Crippen LogP contribution >= 0.6 is 11.6 Å². The lowest BCUT2D eigenvalue weighted by Crippen LogP contribution is -2.47. The molecule has 0 aliphatic carbocycles. The van der Waals surface area contributed by atoms with Gasteiger partial charge in [0.15, 0.2) is 0 Å². The molecule has 0 spiro atoms. The number of nitrogens with one attached hydrogen (secondary N) is 2. The average Bonchev–Trinajstić information content (AvgIpc) is 2.85. The Labute approximate surface area is 226 Å². The fourth-order valence-electron chi connectivity index (χ4n) is 4.89. The molecule has 0 aromatic heterocycles. The van der Waals surface area contributed by atoms with E-state index in [4.69, 9.17) is 16.3 Å². The van der Waals surface area contributed by atoms with Crippen molar-refractivity contribution in [1.82, 2.24) is 20.4 Å². The van der Waals surface area contributed by atoms with Gasteiger partial charge in [-0.15, -0.1) is 0 Å². The Balaban J connectivity index is 1.68. The largest absolute Gasteiger partial charge is 0.491 e. The molecule has 3 rings (SSSR count). The van der Waals surface area contributed by atoms with Crippen LogP contribution in [-0.4, -0.2) is 79.4 Å². The lowest BCUT2D eigenvalue weighted by molar-refractivity contribution is -0.136. The highest BCUT2D eigenvalue weighted by atomic mass is 35.5. The second kappa shape index (κ2) is 14.6. The minimum absolute atomic E-state index is 0.000769. The Bertz CT molecular complexity index is 917. The van der Waals surface area contributed by atoms with Gasteiger partial charge in [-0.1, -0.05) is 32.4 Å². The van der Waals surface area contributed by atoms with E-state index in [0.29, 0.717) is 61.0 Å². The first-order chi connectivity index (χ1) is 17.7. The molecule has 0 saturated carbocycles. The standard InChI is InChI=1S/C28H43ClN4O4/c1-20(2)16-23-19-37-25-7-6-22(29)17-24(25)28(36)30-11-4-5-12-33(18-26(34)31-23)27(35)10-15-32-13-8-21(3)9-14-32/h6-7,17,20-21,23H,4-5,8-16,18-19H2,1-3H3,(H,30,36)(H,31,34)/t23-/m0/s1. The van der Waals surface area contributed by atoms with Gasteiger partial charge < -0.3 is 25.2 Å². The summed E-state index contributed by atoms with van der Waals surface area (Å²) in [4.78, 5) is 43.1. The highest BCUT2D eigenvalue weighted by Gasteiger charge is 2.23. The topological polar surface area (TPSA) is 91.0 Å². The monoisotopic (exact) mass is 534 g/mol. The number of benzene rings is 1. The van der Waals surface area contributed by atoms with Gasteiger partial charge in [-0.05, 0) is 75.2 Å². The molecule has 2 aliphatic rings. The van der Waals surface area contributed by atoms with Gasteiger partial charge in [0.25, 0.3) is 5.91 Å². The number of halogens is 1. The molecule has 9 heteroatoms. The molecule has 2 heterocycles. The predicted octanol–water partition coefficient (Wildman–Crippen LogP) is 3.72. The molecule has 1 aromatic rings. The molecule has 2 aliphatic heterocycles. The third-order valence-electron chi connectivity index (χ3n) is 7.09. The van der Waals surface area contributed by atoms with Gasteiger partial charge in [-0.25, -0.2) is 0 Å². The number of amides is 3. The molecule has 2 N–H and O–H groups in total. The quantitative estimate of drug-likeness (QED) is 0.601. The summed E-state index contributed by atoms with van der Waals surface area (Å²) in [6, 6.07) is 4.72. The fraction of sp³-hybridized carbons (Fsp3) is 0.679. The smallest absolute Gasteiger partial charge is 0.255 e. The SMILES string of the molecule is CC(C)C[C@H]1COc2ccc(Cl)cc2C(=O)NCCCCN(C(=O)CCN2CCC(C)CC2)CC(=O)N1. The molecular formula is C28H43ClN4O4. The molecule has 1 atom stereocenters. The number of likely N-dealkylation sites (tertiary alicyclic amines) is 1. The lowest BCUT2D eigenvalue weighted by Gasteiger charge is -2.31. The van der Waals surface area contributed by atoms with Crippen LogP contribution in [-0.2, 0) is 9.59 Å². The number of ether oxygens (including phenoxy) is 1. The van der Waals surface area contributed by atoms with E-state index >= 15 is 0 Å². The highest BCUT2D eigenvalue weighted by molar-refractivity contribution is 6.31. The number of carbonyl (C=O) groups excluding carboxylic acids is 3. The summed E-state index contributed by atoms with van der Waals surface area (Å²) in [5.74, 6) is 1.07. The van der Waals surface area contributed by atoms with Crippen LogP contribution in [0.15, 0.2) is 18.2 Å². The molecule has 1 fully saturated rings. The average molecular weight is 535 g/mol. The number of nitrogens with zero attached hydrogens (tertiary/aromatic N) is 2. The molecule has 1 aromatic carbocycles. The number of hydrogen-bond donors (Lipinski definition) is 2. The maximum atomic E-state index is 13.1. The van der Waals surface area contributed by atoms with Crippen LogP contribution in [0.4, 0.5) is 0 Å². The zero-order valence-electron chi connectivity index (χ0n) is 22.6. The van der Waals surface area contributed by atoms with Gasteiger partial charge >= 0.3 is 0 Å². The Morgan fingerprint density at radius 2 is 1.92 bits per heavy atom. The number of carbonyl (C=O) groups is 3. The van der Waals surface area contributed by atoms with E-state index in [1.54, 1.807) is 23.1 Å². The molecule has 0 unspecified atom stereocenters. The van der Waals surface area contributed by atoms with Crippen molar-refractivity contribution >= 4 is 29.3 Å². The lowest BCUT2D eigenvalue weighted by atomic mass is 9.99. The minimum atomic E-state index is -0.253. The zero-order valence-corrected chi connectivity index (χ0v) is 23.3. The van der Waals surface area contributed by atoms with E-state index in [1.807, 2.05) is 0 Å². The number of fused-ring (bicyclic) bond motifs is 1. The Morgan fingerprint density at radius 1 is 1.16 bits per heavy atom. The zero-order chi connectivity index (χ0) is 26.8. The Kier molecular flexibility index (Phi) is 11.5. The summed E-state index contributed by atoms with van der Waals surface area (Å²) in [6.07, 6.45) is 4.83. The number of hydrogen-bond acceptors (Lipinski definition) is 5. The van der Waals surface area contributed by atoms with E-state index in [9.17, 15) is 14.4 Å². The van der Waals surface area contributed by atoms with Crippen molar-refractivity contribution in [2.24, 2.45) is 11.8 Å². The first-order valence-corrected chi connectivity index (χ1v) is 14.1. The second-order valence-electron chi connectivity index (χ2n) is 10.9. The van der Waals surface area contributed by atoms with Crippen LogP contribution < -0.4 is 15.4 Å². The summed E-state index contributed by atoms with van der Waals surface area (Å²) < 4.78 is 6.02. The second-order valence-corrected chi connectivity index (χ2v) is 11.3. The van der Waals surface area contributed by atoms with Gasteiger partial charge in [0.2, 0.25) is 11.8 Å². The fourth-order valence-corrected chi connectivity index (χ4v) is 5.07. The summed E-state index contributed by atoms with van der Waals surface area (Å²) in [7, 11) is 0. The van der Waals surface area contributed by atoms with Crippen molar-refractivity contribution in [3.8, 4) is 5.75 Å². The molecule has 206 valence electrons. The first-order valence-electron chi connectivity index (χ1n) is 13.7. The maximum Gasteiger partial charge on any atom is 0.255 e. The third-order valence-corrected chi connectivity index (χ3v) is 7.33. The van der Waals surface area contributed by atoms with Crippen molar-refractivity contribution in [2.45, 2.75) is 65.3 Å². The van der Waals surface area contributed by atoms with Crippen molar-refractivity contribution in [3.05, 3.63) is 28.8 Å². The molecular weight excluding hydrogens is 492 g/mol. The van der Waals surface area contributed by atoms with Crippen LogP contribution in [0.5, 0.6) is 5.75 Å². The molecule has 1 saturated heterocycles. The van der Waals surface area contributed by atoms with Gasteiger partial charge in [0, 0.05) is 31.1 Å². The van der Waals surface area contributed by atoms with Crippen LogP contribution in [0.25, 0.3) is 0 Å². The summed E-state index contributed by atoms with van der Waals surface area (Å²) in [5.41, 5.74) is 0.376. The molecule has 37 heavy (non-hydrogen) atoms. The summed E-state index contributed by atoms with van der Waals surface area (Å²) in [6.45, 7) is 10.4. The van der Waals surface area contributed by atoms with Crippen LogP contribution in [0.2, 0.25) is 5.02 Å². The van der Waals surface area contributed by atoms with Crippen LogP contribution in [0.1, 0.15) is 69.7 Å². The normalized spacial score (nSPS) is 21.3. The predicted molar refractivity (Wildman–Crippen MR) is 146 cm³/mol. The minimum Gasteiger partial charge on any atom is -0.491 e. The number of piperidine rings is 1. The first kappa shape index (κ1) is 29.2.